The minimum atomic E-state index is -3.34. The van der Waals surface area contributed by atoms with E-state index in [4.69, 9.17) is 37.7 Å². The molecule has 0 saturated heterocycles. The number of carbonyl (C=O) groups is 1. The fraction of sp³-hybridized carbons (Fsp3) is 0.125. The van der Waals surface area contributed by atoms with Crippen molar-refractivity contribution < 1.29 is 22.7 Å². The van der Waals surface area contributed by atoms with Crippen molar-refractivity contribution >= 4 is 44.9 Å². The number of methoxy groups -OCH3 is 1. The normalized spacial score (nSPS) is 11.3. The summed E-state index contributed by atoms with van der Waals surface area (Å²) in [5.74, 6) is 0.938. The fourth-order valence-corrected chi connectivity index (χ4v) is 5.50. The summed E-state index contributed by atoms with van der Waals surface area (Å²) in [6.07, 6.45) is 3.02. The second-order valence-corrected chi connectivity index (χ2v) is 12.3. The predicted molar refractivity (Wildman–Crippen MR) is 169 cm³/mol. The van der Waals surface area contributed by atoms with E-state index in [1.807, 2.05) is 65.4 Å². The van der Waals surface area contributed by atoms with Crippen molar-refractivity contribution in [3.63, 3.8) is 0 Å². The molecule has 11 heteroatoms. The van der Waals surface area contributed by atoms with Crippen LogP contribution in [0.3, 0.4) is 0 Å². The summed E-state index contributed by atoms with van der Waals surface area (Å²) in [6.45, 7) is 0.679. The van der Waals surface area contributed by atoms with E-state index in [2.05, 4.69) is 4.72 Å². The number of halogens is 2. The second-order valence-electron chi connectivity index (χ2n) is 9.75. The Kier molecular flexibility index (Phi) is 9.05. The van der Waals surface area contributed by atoms with E-state index >= 15 is 0 Å². The Morgan fingerprint density at radius 2 is 1.56 bits per heavy atom. The number of rotatable bonds is 10. The lowest BCUT2D eigenvalue weighted by molar-refractivity contribution is 0.0600. The molecule has 0 amide bonds. The van der Waals surface area contributed by atoms with Crippen LogP contribution in [0.2, 0.25) is 10.0 Å². The van der Waals surface area contributed by atoms with Crippen LogP contribution in [-0.4, -0.2) is 37.3 Å². The molecule has 0 aliphatic heterocycles. The van der Waals surface area contributed by atoms with Crippen molar-refractivity contribution in [3.8, 4) is 28.1 Å². The van der Waals surface area contributed by atoms with Crippen LogP contribution >= 0.6 is 23.2 Å². The smallest absolute Gasteiger partial charge is 0.337 e. The third-order valence-corrected chi connectivity index (χ3v) is 7.69. The number of nitrogens with zero attached hydrogens (tertiary/aromatic N) is 2. The molecule has 43 heavy (non-hydrogen) atoms. The molecule has 0 bridgehead atoms. The third-order valence-electron chi connectivity index (χ3n) is 6.54. The number of sulfonamides is 1. The van der Waals surface area contributed by atoms with E-state index in [9.17, 15) is 13.2 Å². The van der Waals surface area contributed by atoms with Crippen molar-refractivity contribution in [3.05, 3.63) is 124 Å². The minimum Gasteiger partial charge on any atom is -0.486 e. The molecule has 5 rings (SSSR count). The van der Waals surface area contributed by atoms with Gasteiger partial charge in [-0.1, -0.05) is 59.6 Å². The highest BCUT2D eigenvalue weighted by molar-refractivity contribution is 7.92. The van der Waals surface area contributed by atoms with E-state index in [-0.39, 0.29) is 6.61 Å². The molecule has 0 saturated carbocycles. The molecule has 1 N–H and O–H groups in total. The first-order valence-electron chi connectivity index (χ1n) is 13.1. The molecule has 0 fully saturated rings. The number of ether oxygens (including phenoxy) is 2. The van der Waals surface area contributed by atoms with Gasteiger partial charge in [-0.25, -0.2) is 18.2 Å². The first kappa shape index (κ1) is 30.2. The first-order chi connectivity index (χ1) is 20.6. The van der Waals surface area contributed by atoms with Crippen LogP contribution in [0.4, 0.5) is 5.69 Å². The average Bonchev–Trinajstić information content (AvgIpc) is 3.38. The van der Waals surface area contributed by atoms with Crippen LogP contribution in [0, 0.1) is 0 Å². The zero-order chi connectivity index (χ0) is 30.6. The number of imidazole rings is 1. The molecule has 1 heterocycles. The van der Waals surface area contributed by atoms with E-state index in [0.29, 0.717) is 45.1 Å². The quantitative estimate of drug-likeness (QED) is 0.162. The lowest BCUT2D eigenvalue weighted by Crippen LogP contribution is -2.09. The Labute approximate surface area is 259 Å². The lowest BCUT2D eigenvalue weighted by Gasteiger charge is -2.11. The van der Waals surface area contributed by atoms with Gasteiger partial charge in [-0.2, -0.15) is 0 Å². The number of nitrogens with one attached hydrogen (secondary N) is 1. The SMILES string of the molecule is COC(=O)c1ccc(Cn2cc(-c3ccc(Cl)cc3Cl)nc2COc2ccc(-c3ccc(NS(C)(=O)=O)cc3)cc2)cc1. The van der Waals surface area contributed by atoms with Gasteiger partial charge in [0.15, 0.2) is 0 Å². The Balaban J connectivity index is 1.35. The van der Waals surface area contributed by atoms with Gasteiger partial charge in [-0.05, 0) is 71.3 Å². The summed E-state index contributed by atoms with van der Waals surface area (Å²) < 4.78 is 38.3. The second kappa shape index (κ2) is 12.9. The molecule has 0 aliphatic carbocycles. The molecule has 0 aliphatic rings. The van der Waals surface area contributed by atoms with Gasteiger partial charge in [0.1, 0.15) is 18.2 Å². The van der Waals surface area contributed by atoms with Crippen LogP contribution in [-0.2, 0) is 27.9 Å². The molecule has 0 radical (unpaired) electrons. The number of aromatic nitrogens is 2. The molecule has 5 aromatic rings. The van der Waals surface area contributed by atoms with Gasteiger partial charge in [0.05, 0.1) is 29.6 Å². The maximum atomic E-state index is 11.8. The van der Waals surface area contributed by atoms with Crippen molar-refractivity contribution in [2.24, 2.45) is 0 Å². The third kappa shape index (κ3) is 7.75. The number of carbonyl (C=O) groups excluding carboxylic acids is 1. The fourth-order valence-electron chi connectivity index (χ4n) is 4.43. The first-order valence-corrected chi connectivity index (χ1v) is 15.7. The standard InChI is InChI=1S/C32H27Cl2N3O5S/c1-41-32(38)24-5-3-21(4-6-24)18-37-19-30(28-16-11-25(33)17-29(28)34)35-31(37)20-42-27-14-9-23(10-15-27)22-7-12-26(13-8-22)36-43(2,39)40/h3-17,19,36H,18,20H2,1-2H3. The van der Waals surface area contributed by atoms with Crippen LogP contribution in [0.1, 0.15) is 21.7 Å². The number of esters is 1. The van der Waals surface area contributed by atoms with Gasteiger partial charge in [0.25, 0.3) is 0 Å². The van der Waals surface area contributed by atoms with Crippen molar-refractivity contribution in [2.45, 2.75) is 13.2 Å². The van der Waals surface area contributed by atoms with Gasteiger partial charge >= 0.3 is 5.97 Å². The molecular weight excluding hydrogens is 609 g/mol. The van der Waals surface area contributed by atoms with Crippen LogP contribution in [0.25, 0.3) is 22.4 Å². The Bertz CT molecular complexity index is 1860. The van der Waals surface area contributed by atoms with Crippen molar-refractivity contribution in [1.82, 2.24) is 9.55 Å². The van der Waals surface area contributed by atoms with Gasteiger partial charge in [-0.3, -0.25) is 4.72 Å². The highest BCUT2D eigenvalue weighted by atomic mass is 35.5. The summed E-state index contributed by atoms with van der Waals surface area (Å²) >= 11 is 12.6. The molecule has 0 spiro atoms. The number of anilines is 1. The van der Waals surface area contributed by atoms with Gasteiger partial charge in [0, 0.05) is 29.0 Å². The molecular formula is C32H27Cl2N3O5S. The Hall–Kier alpha value is -4.31. The maximum Gasteiger partial charge on any atom is 0.337 e. The highest BCUT2D eigenvalue weighted by Crippen LogP contribution is 2.31. The molecule has 1 aromatic heterocycles. The number of hydrogen-bond donors (Lipinski definition) is 1. The van der Waals surface area contributed by atoms with Crippen LogP contribution in [0.15, 0.2) is 97.2 Å². The zero-order valence-electron chi connectivity index (χ0n) is 23.3. The maximum absolute atomic E-state index is 11.8. The van der Waals surface area contributed by atoms with E-state index in [1.165, 1.54) is 7.11 Å². The largest absolute Gasteiger partial charge is 0.486 e. The summed E-state index contributed by atoms with van der Waals surface area (Å²) in [7, 11) is -1.99. The van der Waals surface area contributed by atoms with Gasteiger partial charge in [0.2, 0.25) is 10.0 Å². The lowest BCUT2D eigenvalue weighted by atomic mass is 10.1. The highest BCUT2D eigenvalue weighted by Gasteiger charge is 2.15. The molecule has 8 nitrogen and oxygen atoms in total. The number of benzene rings is 4. The van der Waals surface area contributed by atoms with Crippen molar-refractivity contribution in [1.29, 1.82) is 0 Å². The summed E-state index contributed by atoms with van der Waals surface area (Å²) in [6, 6.07) is 27.2. The topological polar surface area (TPSA) is 99.5 Å². The summed E-state index contributed by atoms with van der Waals surface area (Å²) in [5, 5.41) is 1.02. The molecule has 0 unspecified atom stereocenters. The Morgan fingerprint density at radius 1 is 0.907 bits per heavy atom. The summed E-state index contributed by atoms with van der Waals surface area (Å²) in [5.41, 5.74) is 5.24. The van der Waals surface area contributed by atoms with E-state index < -0.39 is 16.0 Å². The summed E-state index contributed by atoms with van der Waals surface area (Å²) in [4.78, 5) is 16.7. The monoisotopic (exact) mass is 635 g/mol. The minimum absolute atomic E-state index is 0.191. The van der Waals surface area contributed by atoms with Gasteiger partial charge in [-0.15, -0.1) is 0 Å². The van der Waals surface area contributed by atoms with E-state index in [1.54, 1.807) is 36.4 Å². The molecule has 0 atom stereocenters. The molecule has 220 valence electrons. The van der Waals surface area contributed by atoms with Gasteiger partial charge < -0.3 is 14.0 Å². The van der Waals surface area contributed by atoms with E-state index in [0.717, 1.165) is 28.5 Å². The number of hydrogen-bond acceptors (Lipinski definition) is 6. The average molecular weight is 637 g/mol. The zero-order valence-corrected chi connectivity index (χ0v) is 25.6. The van der Waals surface area contributed by atoms with Crippen LogP contribution in [0.5, 0.6) is 5.75 Å². The predicted octanol–water partition coefficient (Wildman–Crippen LogP) is 7.31. The van der Waals surface area contributed by atoms with Crippen LogP contribution < -0.4 is 9.46 Å². The van der Waals surface area contributed by atoms with Crippen molar-refractivity contribution in [2.75, 3.05) is 18.1 Å². The Morgan fingerprint density at radius 3 is 2.16 bits per heavy atom. The molecule has 4 aromatic carbocycles.